The zero-order valence-electron chi connectivity index (χ0n) is 10.3. The number of hydrogen-bond acceptors (Lipinski definition) is 3. The predicted octanol–water partition coefficient (Wildman–Crippen LogP) is 3.16. The zero-order chi connectivity index (χ0) is 12.0. The largest absolute Gasteiger partial charge is 0.497 e. The summed E-state index contributed by atoms with van der Waals surface area (Å²) in [4.78, 5) is 1.25. The van der Waals surface area contributed by atoms with E-state index in [4.69, 9.17) is 10.5 Å². The second kappa shape index (κ2) is 6.81. The number of hydrogen-bond donors (Lipinski definition) is 1. The van der Waals surface area contributed by atoms with Gasteiger partial charge in [0, 0.05) is 16.7 Å². The Balaban J connectivity index is 2.42. The lowest BCUT2D eigenvalue weighted by atomic mass is 10.0. The molecule has 1 rings (SSSR count). The first-order valence-corrected chi connectivity index (χ1v) is 6.68. The minimum Gasteiger partial charge on any atom is -0.497 e. The van der Waals surface area contributed by atoms with Gasteiger partial charge < -0.3 is 10.5 Å². The molecule has 0 bridgehead atoms. The van der Waals surface area contributed by atoms with Crippen LogP contribution in [0, 0.1) is 5.92 Å². The van der Waals surface area contributed by atoms with Crippen molar-refractivity contribution < 1.29 is 4.74 Å². The lowest BCUT2D eigenvalue weighted by Gasteiger charge is -2.17. The van der Waals surface area contributed by atoms with Crippen molar-refractivity contribution in [3.05, 3.63) is 24.3 Å². The standard InChI is InChI=1S/C13H21NOS/c1-4-10(2)13(14)9-16-12-7-5-11(15-3)6-8-12/h5-8,10,13H,4,9,14H2,1-3H3. The molecule has 0 saturated heterocycles. The Kier molecular flexibility index (Phi) is 5.71. The second-order valence-electron chi connectivity index (χ2n) is 4.04. The van der Waals surface area contributed by atoms with Gasteiger partial charge in [0.05, 0.1) is 7.11 Å². The molecule has 90 valence electrons. The minimum atomic E-state index is 0.275. The fourth-order valence-corrected chi connectivity index (χ4v) is 2.37. The van der Waals surface area contributed by atoms with Crippen LogP contribution in [-0.4, -0.2) is 18.9 Å². The molecule has 0 radical (unpaired) electrons. The fourth-order valence-electron chi connectivity index (χ4n) is 1.33. The van der Waals surface area contributed by atoms with Crippen LogP contribution in [0.15, 0.2) is 29.2 Å². The third-order valence-electron chi connectivity index (χ3n) is 2.88. The third kappa shape index (κ3) is 4.06. The lowest BCUT2D eigenvalue weighted by molar-refractivity contribution is 0.414. The first-order valence-electron chi connectivity index (χ1n) is 5.69. The van der Waals surface area contributed by atoms with Crippen molar-refractivity contribution in [1.82, 2.24) is 0 Å². The maximum atomic E-state index is 6.09. The zero-order valence-corrected chi connectivity index (χ0v) is 11.1. The average molecular weight is 239 g/mol. The van der Waals surface area contributed by atoms with Gasteiger partial charge in [-0.1, -0.05) is 20.3 Å². The van der Waals surface area contributed by atoms with E-state index in [1.165, 1.54) is 4.90 Å². The van der Waals surface area contributed by atoms with Gasteiger partial charge in [0.15, 0.2) is 0 Å². The molecule has 0 amide bonds. The molecule has 2 N–H and O–H groups in total. The number of ether oxygens (including phenoxy) is 1. The molecule has 2 nitrogen and oxygen atoms in total. The number of methoxy groups -OCH3 is 1. The normalized spacial score (nSPS) is 14.5. The number of nitrogens with two attached hydrogens (primary N) is 1. The van der Waals surface area contributed by atoms with Crippen LogP contribution in [0.25, 0.3) is 0 Å². The first-order chi connectivity index (χ1) is 7.67. The average Bonchev–Trinajstić information content (AvgIpc) is 2.35. The van der Waals surface area contributed by atoms with E-state index < -0.39 is 0 Å². The van der Waals surface area contributed by atoms with Crippen molar-refractivity contribution in [3.63, 3.8) is 0 Å². The Morgan fingerprint density at radius 2 is 1.94 bits per heavy atom. The third-order valence-corrected chi connectivity index (χ3v) is 4.03. The molecule has 2 atom stereocenters. The summed E-state index contributed by atoms with van der Waals surface area (Å²) in [5.74, 6) is 2.46. The maximum absolute atomic E-state index is 6.09. The van der Waals surface area contributed by atoms with E-state index in [-0.39, 0.29) is 6.04 Å². The van der Waals surface area contributed by atoms with E-state index in [1.54, 1.807) is 7.11 Å². The second-order valence-corrected chi connectivity index (χ2v) is 5.13. The Morgan fingerprint density at radius 3 is 2.44 bits per heavy atom. The van der Waals surface area contributed by atoms with E-state index >= 15 is 0 Å². The monoisotopic (exact) mass is 239 g/mol. The summed E-state index contributed by atoms with van der Waals surface area (Å²) < 4.78 is 5.12. The smallest absolute Gasteiger partial charge is 0.118 e. The van der Waals surface area contributed by atoms with Crippen molar-refractivity contribution in [2.75, 3.05) is 12.9 Å². The molecule has 0 aromatic heterocycles. The van der Waals surface area contributed by atoms with Gasteiger partial charge in [0.25, 0.3) is 0 Å². The van der Waals surface area contributed by atoms with Crippen LogP contribution in [-0.2, 0) is 0 Å². The Bertz CT molecular complexity index is 299. The van der Waals surface area contributed by atoms with Crippen molar-refractivity contribution in [1.29, 1.82) is 0 Å². The van der Waals surface area contributed by atoms with Crippen LogP contribution in [0.3, 0.4) is 0 Å². The quantitative estimate of drug-likeness (QED) is 0.774. The molecule has 0 aliphatic rings. The van der Waals surface area contributed by atoms with Gasteiger partial charge in [0.1, 0.15) is 5.75 Å². The molecular formula is C13H21NOS. The molecule has 3 heteroatoms. The molecule has 0 spiro atoms. The van der Waals surface area contributed by atoms with Gasteiger partial charge in [-0.3, -0.25) is 0 Å². The van der Waals surface area contributed by atoms with E-state index in [1.807, 2.05) is 23.9 Å². The van der Waals surface area contributed by atoms with Crippen LogP contribution in [0.2, 0.25) is 0 Å². The number of thioether (sulfide) groups is 1. The van der Waals surface area contributed by atoms with Crippen LogP contribution in [0.5, 0.6) is 5.75 Å². The molecule has 16 heavy (non-hydrogen) atoms. The molecule has 2 unspecified atom stereocenters. The summed E-state index contributed by atoms with van der Waals surface area (Å²) in [5, 5.41) is 0. The molecule has 0 saturated carbocycles. The molecule has 0 fully saturated rings. The van der Waals surface area contributed by atoms with Gasteiger partial charge in [-0.15, -0.1) is 11.8 Å². The minimum absolute atomic E-state index is 0.275. The first kappa shape index (κ1) is 13.4. The van der Waals surface area contributed by atoms with Gasteiger partial charge in [-0.25, -0.2) is 0 Å². The molecular weight excluding hydrogens is 218 g/mol. The van der Waals surface area contributed by atoms with Crippen molar-refractivity contribution in [2.24, 2.45) is 11.7 Å². The van der Waals surface area contributed by atoms with Crippen LogP contribution >= 0.6 is 11.8 Å². The number of rotatable bonds is 6. The van der Waals surface area contributed by atoms with Gasteiger partial charge >= 0.3 is 0 Å². The summed E-state index contributed by atoms with van der Waals surface area (Å²) in [6.45, 7) is 4.39. The summed E-state index contributed by atoms with van der Waals surface area (Å²) >= 11 is 1.81. The van der Waals surface area contributed by atoms with Crippen LogP contribution in [0.4, 0.5) is 0 Å². The highest BCUT2D eigenvalue weighted by Crippen LogP contribution is 2.23. The topological polar surface area (TPSA) is 35.2 Å². The summed E-state index contributed by atoms with van der Waals surface area (Å²) in [6, 6.07) is 8.39. The van der Waals surface area contributed by atoms with Crippen molar-refractivity contribution in [3.8, 4) is 5.75 Å². The number of benzene rings is 1. The highest BCUT2D eigenvalue weighted by molar-refractivity contribution is 7.99. The van der Waals surface area contributed by atoms with Crippen LogP contribution in [0.1, 0.15) is 20.3 Å². The van der Waals surface area contributed by atoms with E-state index in [2.05, 4.69) is 26.0 Å². The SMILES string of the molecule is CCC(C)C(N)CSc1ccc(OC)cc1. The van der Waals surface area contributed by atoms with Gasteiger partial charge in [-0.2, -0.15) is 0 Å². The highest BCUT2D eigenvalue weighted by Gasteiger charge is 2.10. The van der Waals surface area contributed by atoms with Crippen molar-refractivity contribution >= 4 is 11.8 Å². The Labute approximate surface area is 103 Å². The molecule has 1 aromatic carbocycles. The molecule has 0 aliphatic heterocycles. The van der Waals surface area contributed by atoms with Crippen LogP contribution < -0.4 is 10.5 Å². The van der Waals surface area contributed by atoms with Gasteiger partial charge in [0.2, 0.25) is 0 Å². The highest BCUT2D eigenvalue weighted by atomic mass is 32.2. The summed E-state index contributed by atoms with van der Waals surface area (Å²) in [7, 11) is 1.68. The van der Waals surface area contributed by atoms with E-state index in [0.29, 0.717) is 5.92 Å². The van der Waals surface area contributed by atoms with Crippen molar-refractivity contribution in [2.45, 2.75) is 31.2 Å². The fraction of sp³-hybridized carbons (Fsp3) is 0.538. The summed E-state index contributed by atoms with van der Waals surface area (Å²) in [5.41, 5.74) is 6.09. The van der Waals surface area contributed by atoms with E-state index in [9.17, 15) is 0 Å². The summed E-state index contributed by atoms with van der Waals surface area (Å²) in [6.07, 6.45) is 1.14. The predicted molar refractivity (Wildman–Crippen MR) is 71.1 cm³/mol. The lowest BCUT2D eigenvalue weighted by Crippen LogP contribution is -2.30. The van der Waals surface area contributed by atoms with Gasteiger partial charge in [-0.05, 0) is 30.2 Å². The Hall–Kier alpha value is -0.670. The molecule has 0 heterocycles. The Morgan fingerprint density at radius 1 is 1.31 bits per heavy atom. The van der Waals surface area contributed by atoms with E-state index in [0.717, 1.165) is 17.9 Å². The molecule has 1 aromatic rings. The maximum Gasteiger partial charge on any atom is 0.118 e. The molecule has 0 aliphatic carbocycles.